The van der Waals surface area contributed by atoms with E-state index in [2.05, 4.69) is 5.92 Å². The van der Waals surface area contributed by atoms with Crippen molar-refractivity contribution in [3.63, 3.8) is 0 Å². The summed E-state index contributed by atoms with van der Waals surface area (Å²) in [5.41, 5.74) is -0.00643. The average Bonchev–Trinajstić information content (AvgIpc) is 2.15. The highest BCUT2D eigenvalue weighted by Gasteiger charge is 2.02. The molecule has 0 N–H and O–H groups in total. The van der Waals surface area contributed by atoms with E-state index in [0.29, 0.717) is 5.75 Å². The van der Waals surface area contributed by atoms with Crippen molar-refractivity contribution in [2.75, 3.05) is 6.61 Å². The predicted octanol–water partition coefficient (Wildman–Crippen LogP) is 1.71. The molecule has 0 saturated heterocycles. The first-order valence-corrected chi connectivity index (χ1v) is 3.54. The number of halogens is 1. The van der Waals surface area contributed by atoms with Crippen molar-refractivity contribution in [2.24, 2.45) is 0 Å². The van der Waals surface area contributed by atoms with Gasteiger partial charge in [-0.1, -0.05) is 5.92 Å². The molecule has 0 fully saturated rings. The fraction of sp³-hybridized carbons (Fsp3) is 0.100. The SMILES string of the molecule is C#CCOc1ccc(C#N)c(F)c1. The molecule has 0 saturated carbocycles. The van der Waals surface area contributed by atoms with Crippen LogP contribution in [0, 0.1) is 29.5 Å². The first-order chi connectivity index (χ1) is 6.27. The fourth-order valence-corrected chi connectivity index (χ4v) is 0.801. The Hall–Kier alpha value is -2.00. The van der Waals surface area contributed by atoms with E-state index < -0.39 is 5.82 Å². The number of hydrogen-bond donors (Lipinski definition) is 0. The molecular weight excluding hydrogens is 169 g/mol. The largest absolute Gasteiger partial charge is 0.481 e. The predicted molar refractivity (Wildman–Crippen MR) is 45.4 cm³/mol. The van der Waals surface area contributed by atoms with Crippen LogP contribution in [0.2, 0.25) is 0 Å². The lowest BCUT2D eigenvalue weighted by atomic mass is 10.2. The normalized spacial score (nSPS) is 8.54. The Morgan fingerprint density at radius 2 is 2.31 bits per heavy atom. The highest BCUT2D eigenvalue weighted by atomic mass is 19.1. The molecule has 1 aromatic rings. The number of rotatable bonds is 2. The Balaban J connectivity index is 2.86. The Bertz CT molecular complexity index is 387. The lowest BCUT2D eigenvalue weighted by molar-refractivity contribution is 0.368. The molecule has 1 rings (SSSR count). The number of ether oxygens (including phenoxy) is 1. The zero-order valence-corrected chi connectivity index (χ0v) is 6.75. The summed E-state index contributed by atoms with van der Waals surface area (Å²) < 4.78 is 17.9. The molecular formula is C10H6FNO. The summed E-state index contributed by atoms with van der Waals surface area (Å²) >= 11 is 0. The van der Waals surface area contributed by atoms with Gasteiger partial charge in [0, 0.05) is 6.07 Å². The van der Waals surface area contributed by atoms with Crippen LogP contribution < -0.4 is 4.74 Å². The second kappa shape index (κ2) is 4.13. The lowest BCUT2D eigenvalue weighted by Gasteiger charge is -2.01. The molecule has 2 nitrogen and oxygen atoms in total. The van der Waals surface area contributed by atoms with Crippen LogP contribution in [0.1, 0.15) is 5.56 Å². The Labute approximate surface area is 75.6 Å². The fourth-order valence-electron chi connectivity index (χ4n) is 0.801. The van der Waals surface area contributed by atoms with Gasteiger partial charge in [-0.05, 0) is 12.1 Å². The Kier molecular flexibility index (Phi) is 2.89. The zero-order chi connectivity index (χ0) is 9.68. The molecule has 0 radical (unpaired) electrons. The molecule has 0 spiro atoms. The molecule has 0 heterocycles. The van der Waals surface area contributed by atoms with Crippen LogP contribution >= 0.6 is 0 Å². The average molecular weight is 175 g/mol. The van der Waals surface area contributed by atoms with Crippen LogP contribution in [0.15, 0.2) is 18.2 Å². The highest BCUT2D eigenvalue weighted by Crippen LogP contribution is 2.15. The smallest absolute Gasteiger partial charge is 0.148 e. The maximum Gasteiger partial charge on any atom is 0.148 e. The Morgan fingerprint density at radius 1 is 1.54 bits per heavy atom. The van der Waals surface area contributed by atoms with Gasteiger partial charge >= 0.3 is 0 Å². The molecule has 1 aromatic carbocycles. The molecule has 0 aliphatic rings. The first-order valence-electron chi connectivity index (χ1n) is 3.54. The van der Waals surface area contributed by atoms with Crippen LogP contribution in [0.4, 0.5) is 4.39 Å². The third kappa shape index (κ3) is 2.21. The minimum absolute atomic E-state index is 0.00643. The zero-order valence-electron chi connectivity index (χ0n) is 6.75. The summed E-state index contributed by atoms with van der Waals surface area (Å²) in [7, 11) is 0. The second-order valence-corrected chi connectivity index (χ2v) is 2.25. The van der Waals surface area contributed by atoms with Gasteiger partial charge < -0.3 is 4.74 Å². The van der Waals surface area contributed by atoms with Crippen LogP contribution in [0.25, 0.3) is 0 Å². The number of benzene rings is 1. The first kappa shape index (κ1) is 9.09. The molecule has 0 aromatic heterocycles. The topological polar surface area (TPSA) is 33.0 Å². The van der Waals surface area contributed by atoms with Crippen LogP contribution in [-0.4, -0.2) is 6.61 Å². The van der Waals surface area contributed by atoms with E-state index in [9.17, 15) is 4.39 Å². The van der Waals surface area contributed by atoms with Gasteiger partial charge in [-0.25, -0.2) is 4.39 Å². The van der Waals surface area contributed by atoms with Gasteiger partial charge in [-0.2, -0.15) is 5.26 Å². The maximum atomic E-state index is 12.9. The summed E-state index contributed by atoms with van der Waals surface area (Å²) in [6, 6.07) is 5.69. The summed E-state index contributed by atoms with van der Waals surface area (Å²) in [5, 5.41) is 8.42. The van der Waals surface area contributed by atoms with Gasteiger partial charge in [0.2, 0.25) is 0 Å². The van der Waals surface area contributed by atoms with E-state index in [1.807, 2.05) is 0 Å². The molecule has 0 amide bonds. The maximum absolute atomic E-state index is 12.9. The van der Waals surface area contributed by atoms with Crippen LogP contribution in [0.5, 0.6) is 5.75 Å². The molecule has 0 aliphatic heterocycles. The second-order valence-electron chi connectivity index (χ2n) is 2.25. The van der Waals surface area contributed by atoms with Crippen molar-refractivity contribution < 1.29 is 9.13 Å². The van der Waals surface area contributed by atoms with Gasteiger partial charge in [0.25, 0.3) is 0 Å². The summed E-state index contributed by atoms with van der Waals surface area (Å²) in [5.74, 6) is 1.98. The van der Waals surface area contributed by atoms with Gasteiger partial charge in [-0.15, -0.1) is 6.42 Å². The van der Waals surface area contributed by atoms with Gasteiger partial charge in [0.1, 0.15) is 24.2 Å². The van der Waals surface area contributed by atoms with Gasteiger partial charge in [-0.3, -0.25) is 0 Å². The van der Waals surface area contributed by atoms with E-state index in [0.717, 1.165) is 6.07 Å². The van der Waals surface area contributed by atoms with E-state index >= 15 is 0 Å². The standard InChI is InChI=1S/C10H6FNO/c1-2-5-13-9-4-3-8(7-12)10(11)6-9/h1,3-4,6H,5H2. The lowest BCUT2D eigenvalue weighted by Crippen LogP contribution is -1.94. The number of terminal acetylenes is 1. The monoisotopic (exact) mass is 175 g/mol. The summed E-state index contributed by atoms with van der Waals surface area (Å²) in [4.78, 5) is 0. The van der Waals surface area contributed by atoms with Crippen LogP contribution in [-0.2, 0) is 0 Å². The third-order valence-corrected chi connectivity index (χ3v) is 1.38. The van der Waals surface area contributed by atoms with E-state index in [-0.39, 0.29) is 12.2 Å². The third-order valence-electron chi connectivity index (χ3n) is 1.38. The Morgan fingerprint density at radius 3 is 2.85 bits per heavy atom. The minimum Gasteiger partial charge on any atom is -0.481 e. The minimum atomic E-state index is -0.600. The molecule has 3 heteroatoms. The van der Waals surface area contributed by atoms with E-state index in [1.54, 1.807) is 6.07 Å². The highest BCUT2D eigenvalue weighted by molar-refractivity contribution is 5.36. The number of hydrogen-bond acceptors (Lipinski definition) is 2. The van der Waals surface area contributed by atoms with Crippen molar-refractivity contribution in [2.45, 2.75) is 0 Å². The summed E-state index contributed by atoms with van der Waals surface area (Å²) in [6.45, 7) is 0.0886. The van der Waals surface area contributed by atoms with Gasteiger partial charge in [0.15, 0.2) is 0 Å². The van der Waals surface area contributed by atoms with Crippen molar-refractivity contribution >= 4 is 0 Å². The van der Waals surface area contributed by atoms with Crippen molar-refractivity contribution in [3.8, 4) is 24.2 Å². The molecule has 0 aliphatic carbocycles. The van der Waals surface area contributed by atoms with Crippen LogP contribution in [0.3, 0.4) is 0 Å². The van der Waals surface area contributed by atoms with Crippen molar-refractivity contribution in [1.29, 1.82) is 5.26 Å². The molecule has 64 valence electrons. The molecule has 13 heavy (non-hydrogen) atoms. The van der Waals surface area contributed by atoms with Crippen molar-refractivity contribution in [1.82, 2.24) is 0 Å². The van der Waals surface area contributed by atoms with E-state index in [4.69, 9.17) is 16.4 Å². The van der Waals surface area contributed by atoms with Crippen molar-refractivity contribution in [3.05, 3.63) is 29.6 Å². The quantitative estimate of drug-likeness (QED) is 0.641. The number of nitriles is 1. The summed E-state index contributed by atoms with van der Waals surface area (Å²) in [6.07, 6.45) is 4.95. The molecule has 0 bridgehead atoms. The molecule has 0 unspecified atom stereocenters. The molecule has 0 atom stereocenters. The van der Waals surface area contributed by atoms with Gasteiger partial charge in [0.05, 0.1) is 5.56 Å². The number of nitrogens with zero attached hydrogens (tertiary/aromatic N) is 1. The van der Waals surface area contributed by atoms with E-state index in [1.165, 1.54) is 12.1 Å².